The molecule has 1 unspecified atom stereocenters. The monoisotopic (exact) mass is 492 g/mol. The Morgan fingerprint density at radius 3 is 2.46 bits per heavy atom. The number of nitrogens with one attached hydrogen (secondary N) is 1. The third-order valence-corrected chi connectivity index (χ3v) is 6.62. The predicted molar refractivity (Wildman–Crippen MR) is 138 cm³/mol. The zero-order valence-corrected chi connectivity index (χ0v) is 21.8. The van der Waals surface area contributed by atoms with Crippen LogP contribution in [0.4, 0.5) is 5.82 Å². The lowest BCUT2D eigenvalue weighted by molar-refractivity contribution is -0.115. The van der Waals surface area contributed by atoms with Gasteiger partial charge in [-0.1, -0.05) is 64.6 Å². The largest absolute Gasteiger partial charge is 0.467 e. The quantitative estimate of drug-likeness (QED) is 0.320. The summed E-state index contributed by atoms with van der Waals surface area (Å²) in [6.07, 6.45) is 1.65. The number of aromatic nitrogens is 5. The molecule has 4 aromatic rings. The Morgan fingerprint density at radius 2 is 1.83 bits per heavy atom. The molecule has 0 fully saturated rings. The number of para-hydroxylation sites is 1. The van der Waals surface area contributed by atoms with Crippen LogP contribution in [-0.4, -0.2) is 35.7 Å². The van der Waals surface area contributed by atoms with Crippen LogP contribution in [0.5, 0.6) is 0 Å². The molecule has 0 aliphatic heterocycles. The Labute approximate surface area is 210 Å². The molecule has 3 heterocycles. The van der Waals surface area contributed by atoms with E-state index in [4.69, 9.17) is 9.52 Å². The number of thioether (sulfide) groups is 1. The van der Waals surface area contributed by atoms with E-state index in [0.29, 0.717) is 17.5 Å². The maximum atomic E-state index is 13.3. The molecule has 184 valence electrons. The number of rotatable bonds is 8. The van der Waals surface area contributed by atoms with Gasteiger partial charge in [0, 0.05) is 17.4 Å². The Balaban J connectivity index is 1.56. The van der Waals surface area contributed by atoms with Gasteiger partial charge in [-0.25, -0.2) is 4.68 Å². The van der Waals surface area contributed by atoms with E-state index in [2.05, 4.69) is 50.1 Å². The summed E-state index contributed by atoms with van der Waals surface area (Å²) in [7, 11) is 0. The molecular formula is C26H32N6O2S. The minimum absolute atomic E-state index is 0.133. The highest BCUT2D eigenvalue weighted by Crippen LogP contribution is 2.29. The predicted octanol–water partition coefficient (Wildman–Crippen LogP) is 5.65. The highest BCUT2D eigenvalue weighted by atomic mass is 32.2. The number of benzene rings is 1. The molecule has 1 amide bonds. The van der Waals surface area contributed by atoms with Crippen molar-refractivity contribution >= 4 is 23.5 Å². The zero-order chi connectivity index (χ0) is 25.2. The number of carbonyl (C=O) groups excluding carboxylic acids is 1. The van der Waals surface area contributed by atoms with Crippen LogP contribution in [0, 0.1) is 0 Å². The highest BCUT2D eigenvalue weighted by Gasteiger charge is 2.25. The van der Waals surface area contributed by atoms with Gasteiger partial charge >= 0.3 is 0 Å². The molecule has 0 spiro atoms. The molecule has 8 nitrogen and oxygen atoms in total. The van der Waals surface area contributed by atoms with E-state index in [9.17, 15) is 4.79 Å². The van der Waals surface area contributed by atoms with Gasteiger partial charge in [-0.05, 0) is 31.2 Å². The molecule has 0 saturated heterocycles. The Morgan fingerprint density at radius 1 is 1.09 bits per heavy atom. The van der Waals surface area contributed by atoms with Gasteiger partial charge in [0.15, 0.2) is 5.16 Å². The van der Waals surface area contributed by atoms with Crippen LogP contribution in [0.3, 0.4) is 0 Å². The van der Waals surface area contributed by atoms with Crippen LogP contribution in [0.15, 0.2) is 64.4 Å². The first-order chi connectivity index (χ1) is 16.6. The number of carbonyl (C=O) groups is 1. The van der Waals surface area contributed by atoms with Crippen molar-refractivity contribution in [2.24, 2.45) is 0 Å². The molecule has 35 heavy (non-hydrogen) atoms. The Bertz CT molecular complexity index is 1270. The third-order valence-electron chi connectivity index (χ3n) is 5.54. The highest BCUT2D eigenvalue weighted by molar-refractivity contribution is 8.00. The lowest BCUT2D eigenvalue weighted by Gasteiger charge is -2.14. The summed E-state index contributed by atoms with van der Waals surface area (Å²) in [5.41, 5.74) is 1.63. The van der Waals surface area contributed by atoms with Crippen molar-refractivity contribution in [1.29, 1.82) is 0 Å². The van der Waals surface area contributed by atoms with Gasteiger partial charge in [-0.3, -0.25) is 9.36 Å². The number of hydrogen-bond acceptors (Lipinski definition) is 6. The summed E-state index contributed by atoms with van der Waals surface area (Å²) in [6.45, 7) is 12.8. The second-order valence-corrected chi connectivity index (χ2v) is 11.1. The number of amides is 1. The van der Waals surface area contributed by atoms with E-state index in [-0.39, 0.29) is 17.2 Å². The molecule has 3 aromatic heterocycles. The number of furan rings is 1. The van der Waals surface area contributed by atoms with Gasteiger partial charge in [0.05, 0.1) is 29.4 Å². The fraction of sp³-hybridized carbons (Fsp3) is 0.385. The van der Waals surface area contributed by atoms with Gasteiger partial charge in [0.2, 0.25) is 5.91 Å². The first kappa shape index (κ1) is 24.8. The van der Waals surface area contributed by atoms with Crippen LogP contribution >= 0.6 is 11.8 Å². The van der Waals surface area contributed by atoms with Gasteiger partial charge in [-0.2, -0.15) is 5.10 Å². The molecule has 4 rings (SSSR count). The second kappa shape index (κ2) is 10.1. The van der Waals surface area contributed by atoms with Gasteiger partial charge in [-0.15, -0.1) is 10.2 Å². The summed E-state index contributed by atoms with van der Waals surface area (Å²) < 4.78 is 9.34. The number of anilines is 1. The smallest absolute Gasteiger partial charge is 0.238 e. The molecule has 0 bridgehead atoms. The maximum Gasteiger partial charge on any atom is 0.238 e. The summed E-state index contributed by atoms with van der Waals surface area (Å²) in [5.74, 6) is 2.36. The fourth-order valence-corrected chi connectivity index (χ4v) is 4.42. The standard InChI is InChI=1S/C26H32N6O2S/c1-17(2)23-28-29-25(31(23)16-20-13-10-14-34-20)35-18(3)24(33)27-22-15-21(26(4,5)6)30-32(22)19-11-8-7-9-12-19/h7-15,17-18H,16H2,1-6H3,(H,27,33). The van der Waals surface area contributed by atoms with Crippen LogP contribution < -0.4 is 5.32 Å². The molecule has 0 radical (unpaired) electrons. The lowest BCUT2D eigenvalue weighted by atomic mass is 9.92. The van der Waals surface area contributed by atoms with Crippen molar-refractivity contribution in [3.8, 4) is 5.69 Å². The van der Waals surface area contributed by atoms with Crippen molar-refractivity contribution < 1.29 is 9.21 Å². The third kappa shape index (κ3) is 5.67. The molecule has 9 heteroatoms. The van der Waals surface area contributed by atoms with Crippen molar-refractivity contribution in [1.82, 2.24) is 24.5 Å². The van der Waals surface area contributed by atoms with Gasteiger partial charge in [0.1, 0.15) is 17.4 Å². The van der Waals surface area contributed by atoms with E-state index in [1.807, 2.05) is 60.0 Å². The molecule has 0 aliphatic carbocycles. The average molecular weight is 493 g/mol. The molecular weight excluding hydrogens is 460 g/mol. The summed E-state index contributed by atoms with van der Waals surface area (Å²) >= 11 is 1.38. The lowest BCUT2D eigenvalue weighted by Crippen LogP contribution is -2.24. The van der Waals surface area contributed by atoms with E-state index in [1.54, 1.807) is 10.9 Å². The summed E-state index contributed by atoms with van der Waals surface area (Å²) in [6, 6.07) is 15.5. The molecule has 1 atom stereocenters. The van der Waals surface area contributed by atoms with Crippen LogP contribution in [0.25, 0.3) is 5.69 Å². The van der Waals surface area contributed by atoms with Crippen molar-refractivity contribution in [2.45, 2.75) is 69.8 Å². The van der Waals surface area contributed by atoms with Crippen LogP contribution in [0.1, 0.15) is 64.7 Å². The molecule has 1 aromatic carbocycles. The topological polar surface area (TPSA) is 90.8 Å². The molecule has 0 saturated carbocycles. The summed E-state index contributed by atoms with van der Waals surface area (Å²) in [4.78, 5) is 13.3. The second-order valence-electron chi connectivity index (χ2n) is 9.82. The normalized spacial score (nSPS) is 12.8. The number of nitrogens with zero attached hydrogens (tertiary/aromatic N) is 5. The molecule has 0 aliphatic rings. The maximum absolute atomic E-state index is 13.3. The van der Waals surface area contributed by atoms with E-state index in [1.165, 1.54) is 11.8 Å². The fourth-order valence-electron chi connectivity index (χ4n) is 3.56. The Kier molecular flexibility index (Phi) is 7.16. The average Bonchev–Trinajstić information content (AvgIpc) is 3.55. The van der Waals surface area contributed by atoms with Crippen molar-refractivity contribution in [2.75, 3.05) is 5.32 Å². The first-order valence-corrected chi connectivity index (χ1v) is 12.6. The summed E-state index contributed by atoms with van der Waals surface area (Å²) in [5, 5.41) is 16.9. The van der Waals surface area contributed by atoms with Crippen LogP contribution in [0.2, 0.25) is 0 Å². The van der Waals surface area contributed by atoms with Gasteiger partial charge < -0.3 is 9.73 Å². The molecule has 1 N–H and O–H groups in total. The van der Waals surface area contributed by atoms with Gasteiger partial charge in [0.25, 0.3) is 0 Å². The minimum atomic E-state index is -0.410. The Hall–Kier alpha value is -3.33. The number of hydrogen-bond donors (Lipinski definition) is 1. The first-order valence-electron chi connectivity index (χ1n) is 11.7. The van der Waals surface area contributed by atoms with E-state index >= 15 is 0 Å². The van der Waals surface area contributed by atoms with Crippen LogP contribution in [-0.2, 0) is 16.8 Å². The minimum Gasteiger partial charge on any atom is -0.467 e. The van der Waals surface area contributed by atoms with E-state index in [0.717, 1.165) is 23.0 Å². The SMILES string of the molecule is CC(Sc1nnc(C(C)C)n1Cc1ccco1)C(=O)Nc1cc(C(C)(C)C)nn1-c1ccccc1. The zero-order valence-electron chi connectivity index (χ0n) is 21.0. The van der Waals surface area contributed by atoms with Crippen molar-refractivity contribution in [3.63, 3.8) is 0 Å². The van der Waals surface area contributed by atoms with E-state index < -0.39 is 5.25 Å². The van der Waals surface area contributed by atoms with Crippen molar-refractivity contribution in [3.05, 3.63) is 72.1 Å².